The zero-order chi connectivity index (χ0) is 20.9. The Kier molecular flexibility index (Phi) is 6.65. The van der Waals surface area contributed by atoms with Crippen LogP contribution in [0.4, 0.5) is 0 Å². The Morgan fingerprint density at radius 2 is 1.57 bits per heavy atom. The highest BCUT2D eigenvalue weighted by molar-refractivity contribution is 5.91. The predicted molar refractivity (Wildman–Crippen MR) is 111 cm³/mol. The molecule has 0 radical (unpaired) electrons. The summed E-state index contributed by atoms with van der Waals surface area (Å²) < 4.78 is 10.4. The fourth-order valence-electron chi connectivity index (χ4n) is 3.09. The molecule has 0 atom stereocenters. The number of methoxy groups -OCH3 is 1. The molecule has 0 saturated heterocycles. The fraction of sp³-hybridized carbons (Fsp3) is 0.417. The standard InChI is InChI=1S/C24H30O4/c1-23(2,3)18-11-9-10-17(16-18)21(25)28-15-14-24(4,5)20-13-8-7-12-19(20)22(26)27-6/h7-13,16H,14-15H2,1-6H3. The third-order valence-electron chi connectivity index (χ3n) is 4.99. The highest BCUT2D eigenvalue weighted by atomic mass is 16.5. The summed E-state index contributed by atoms with van der Waals surface area (Å²) in [6, 6.07) is 14.9. The van der Waals surface area contributed by atoms with Crippen LogP contribution in [0.3, 0.4) is 0 Å². The molecule has 2 aromatic rings. The van der Waals surface area contributed by atoms with Gasteiger partial charge in [-0.1, -0.05) is 65.0 Å². The second-order valence-corrected chi connectivity index (χ2v) is 8.64. The number of ether oxygens (including phenoxy) is 2. The van der Waals surface area contributed by atoms with Crippen molar-refractivity contribution in [2.45, 2.75) is 51.9 Å². The predicted octanol–water partition coefficient (Wildman–Crippen LogP) is 5.30. The molecule has 0 fully saturated rings. The summed E-state index contributed by atoms with van der Waals surface area (Å²) >= 11 is 0. The first-order valence-corrected chi connectivity index (χ1v) is 9.52. The number of esters is 2. The smallest absolute Gasteiger partial charge is 0.338 e. The summed E-state index contributed by atoms with van der Waals surface area (Å²) in [5, 5.41) is 0. The highest BCUT2D eigenvalue weighted by Crippen LogP contribution is 2.30. The first-order valence-electron chi connectivity index (χ1n) is 9.52. The summed E-state index contributed by atoms with van der Waals surface area (Å²) in [5.41, 5.74) is 2.69. The first kappa shape index (κ1) is 21.7. The molecule has 0 heterocycles. The molecule has 0 bridgehead atoms. The Hall–Kier alpha value is -2.62. The normalized spacial score (nSPS) is 11.8. The Bertz CT molecular complexity index is 844. The van der Waals surface area contributed by atoms with Crippen molar-refractivity contribution < 1.29 is 19.1 Å². The molecule has 0 saturated carbocycles. The van der Waals surface area contributed by atoms with Crippen molar-refractivity contribution in [3.63, 3.8) is 0 Å². The van der Waals surface area contributed by atoms with Gasteiger partial charge in [0.25, 0.3) is 0 Å². The molecule has 0 N–H and O–H groups in total. The SMILES string of the molecule is COC(=O)c1ccccc1C(C)(C)CCOC(=O)c1cccc(C(C)(C)C)c1. The van der Waals surface area contributed by atoms with Crippen molar-refractivity contribution in [1.29, 1.82) is 0 Å². The number of rotatable bonds is 6. The molecule has 2 rings (SSSR count). The van der Waals surface area contributed by atoms with Gasteiger partial charge < -0.3 is 9.47 Å². The van der Waals surface area contributed by atoms with Gasteiger partial charge in [-0.15, -0.1) is 0 Å². The van der Waals surface area contributed by atoms with E-state index in [4.69, 9.17) is 9.47 Å². The summed E-state index contributed by atoms with van der Waals surface area (Å²) in [4.78, 5) is 24.5. The van der Waals surface area contributed by atoms with Crippen LogP contribution in [-0.2, 0) is 20.3 Å². The van der Waals surface area contributed by atoms with E-state index in [1.54, 1.807) is 12.1 Å². The lowest BCUT2D eigenvalue weighted by Crippen LogP contribution is -2.24. The summed E-state index contributed by atoms with van der Waals surface area (Å²) in [6.45, 7) is 10.7. The van der Waals surface area contributed by atoms with Crippen LogP contribution in [0.25, 0.3) is 0 Å². The minimum absolute atomic E-state index is 0.0319. The maximum Gasteiger partial charge on any atom is 0.338 e. The Morgan fingerprint density at radius 3 is 2.21 bits per heavy atom. The van der Waals surface area contributed by atoms with Crippen molar-refractivity contribution in [3.8, 4) is 0 Å². The number of carbonyl (C=O) groups is 2. The third kappa shape index (κ3) is 5.22. The van der Waals surface area contributed by atoms with Gasteiger partial charge in [-0.2, -0.15) is 0 Å². The molecule has 0 aliphatic heterocycles. The molecule has 0 spiro atoms. The zero-order valence-electron chi connectivity index (χ0n) is 17.7. The van der Waals surface area contributed by atoms with E-state index in [0.29, 0.717) is 17.5 Å². The monoisotopic (exact) mass is 382 g/mol. The van der Waals surface area contributed by atoms with E-state index in [-0.39, 0.29) is 29.4 Å². The van der Waals surface area contributed by atoms with Gasteiger partial charge in [0.2, 0.25) is 0 Å². The Morgan fingerprint density at radius 1 is 0.893 bits per heavy atom. The Balaban J connectivity index is 2.07. The molecular formula is C24H30O4. The van der Waals surface area contributed by atoms with Crippen molar-refractivity contribution in [1.82, 2.24) is 0 Å². The van der Waals surface area contributed by atoms with Crippen LogP contribution in [0.15, 0.2) is 48.5 Å². The van der Waals surface area contributed by atoms with Crippen LogP contribution in [0, 0.1) is 0 Å². The zero-order valence-corrected chi connectivity index (χ0v) is 17.7. The second-order valence-electron chi connectivity index (χ2n) is 8.64. The number of carbonyl (C=O) groups excluding carboxylic acids is 2. The highest BCUT2D eigenvalue weighted by Gasteiger charge is 2.27. The maximum absolute atomic E-state index is 12.5. The van der Waals surface area contributed by atoms with Gasteiger partial charge in [0.1, 0.15) is 0 Å². The van der Waals surface area contributed by atoms with E-state index in [9.17, 15) is 9.59 Å². The molecule has 4 nitrogen and oxygen atoms in total. The molecular weight excluding hydrogens is 352 g/mol. The van der Waals surface area contributed by atoms with E-state index in [2.05, 4.69) is 20.8 Å². The third-order valence-corrected chi connectivity index (χ3v) is 4.99. The van der Waals surface area contributed by atoms with E-state index >= 15 is 0 Å². The van der Waals surface area contributed by atoms with Gasteiger partial charge in [0, 0.05) is 0 Å². The fourth-order valence-corrected chi connectivity index (χ4v) is 3.09. The average molecular weight is 383 g/mol. The largest absolute Gasteiger partial charge is 0.465 e. The van der Waals surface area contributed by atoms with Crippen LogP contribution >= 0.6 is 0 Å². The average Bonchev–Trinajstić information content (AvgIpc) is 2.66. The van der Waals surface area contributed by atoms with E-state index < -0.39 is 0 Å². The van der Waals surface area contributed by atoms with Crippen LogP contribution in [-0.4, -0.2) is 25.7 Å². The molecule has 28 heavy (non-hydrogen) atoms. The Labute approximate surface area is 167 Å². The lowest BCUT2D eigenvalue weighted by Gasteiger charge is -2.27. The lowest BCUT2D eigenvalue weighted by molar-refractivity contribution is 0.0476. The van der Waals surface area contributed by atoms with Gasteiger partial charge in [0.05, 0.1) is 24.8 Å². The van der Waals surface area contributed by atoms with Crippen LogP contribution in [0.2, 0.25) is 0 Å². The molecule has 0 aliphatic rings. The van der Waals surface area contributed by atoms with E-state index in [1.807, 2.05) is 50.2 Å². The van der Waals surface area contributed by atoms with Crippen molar-refractivity contribution in [2.75, 3.05) is 13.7 Å². The van der Waals surface area contributed by atoms with Crippen LogP contribution in [0.5, 0.6) is 0 Å². The molecule has 0 unspecified atom stereocenters. The molecule has 0 amide bonds. The minimum atomic E-state index is -0.361. The van der Waals surface area contributed by atoms with Gasteiger partial charge >= 0.3 is 11.9 Å². The summed E-state index contributed by atoms with van der Waals surface area (Å²) in [7, 11) is 1.37. The van der Waals surface area contributed by atoms with Gasteiger partial charge in [-0.05, 0) is 46.6 Å². The lowest BCUT2D eigenvalue weighted by atomic mass is 9.79. The summed E-state index contributed by atoms with van der Waals surface area (Å²) in [6.07, 6.45) is 0.589. The van der Waals surface area contributed by atoms with Crippen LogP contribution < -0.4 is 0 Å². The maximum atomic E-state index is 12.5. The molecule has 150 valence electrons. The van der Waals surface area contributed by atoms with Gasteiger partial charge in [0.15, 0.2) is 0 Å². The quantitative estimate of drug-likeness (QED) is 0.637. The second kappa shape index (κ2) is 8.59. The number of hydrogen-bond acceptors (Lipinski definition) is 4. The van der Waals surface area contributed by atoms with E-state index in [0.717, 1.165) is 11.1 Å². The van der Waals surface area contributed by atoms with Gasteiger partial charge in [-0.25, -0.2) is 9.59 Å². The molecule has 4 heteroatoms. The summed E-state index contributed by atoms with van der Waals surface area (Å²) in [5.74, 6) is -0.692. The first-order chi connectivity index (χ1) is 13.1. The van der Waals surface area contributed by atoms with Gasteiger partial charge in [-0.3, -0.25) is 0 Å². The molecule has 0 aromatic heterocycles. The van der Waals surface area contributed by atoms with Crippen molar-refractivity contribution in [3.05, 3.63) is 70.8 Å². The number of hydrogen-bond donors (Lipinski definition) is 0. The van der Waals surface area contributed by atoms with E-state index in [1.165, 1.54) is 7.11 Å². The number of benzene rings is 2. The van der Waals surface area contributed by atoms with Crippen molar-refractivity contribution >= 4 is 11.9 Å². The molecule has 2 aromatic carbocycles. The molecule has 0 aliphatic carbocycles. The minimum Gasteiger partial charge on any atom is -0.465 e. The van der Waals surface area contributed by atoms with Crippen molar-refractivity contribution in [2.24, 2.45) is 0 Å². The van der Waals surface area contributed by atoms with Crippen LogP contribution in [0.1, 0.15) is 72.9 Å². The topological polar surface area (TPSA) is 52.6 Å².